The maximum absolute atomic E-state index is 12.3. The Hall–Kier alpha value is -1.38. The Morgan fingerprint density at radius 2 is 2.00 bits per heavy atom. The lowest BCUT2D eigenvalue weighted by Gasteiger charge is -2.14. The first-order chi connectivity index (χ1) is 9.90. The molecule has 0 aliphatic heterocycles. The van der Waals surface area contributed by atoms with Gasteiger partial charge in [-0.05, 0) is 44.0 Å². The van der Waals surface area contributed by atoms with Gasteiger partial charge in [0.1, 0.15) is 0 Å². The van der Waals surface area contributed by atoms with Crippen molar-refractivity contribution in [2.24, 2.45) is 0 Å². The summed E-state index contributed by atoms with van der Waals surface area (Å²) in [4.78, 5) is 0.222. The van der Waals surface area contributed by atoms with E-state index in [-0.39, 0.29) is 10.9 Å². The number of aryl methyl sites for hydroxylation is 1. The largest absolute Gasteiger partial charge is 0.240 e. The van der Waals surface area contributed by atoms with E-state index in [1.54, 1.807) is 19.1 Å². The van der Waals surface area contributed by atoms with Crippen molar-refractivity contribution in [3.63, 3.8) is 0 Å². The molecule has 0 fully saturated rings. The second kappa shape index (κ2) is 8.16. The normalized spacial score (nSPS) is 12.9. The molecule has 0 spiro atoms. The second-order valence-corrected chi connectivity index (χ2v) is 7.17. The van der Waals surface area contributed by atoms with E-state index in [2.05, 4.69) is 11.6 Å². The van der Waals surface area contributed by atoms with Crippen LogP contribution in [-0.4, -0.2) is 14.5 Å². The van der Waals surface area contributed by atoms with Gasteiger partial charge in [0.05, 0.1) is 16.5 Å². The number of nitrogens with zero attached hydrogens (tertiary/aromatic N) is 1. The highest BCUT2D eigenvalue weighted by Crippen LogP contribution is 2.16. The van der Waals surface area contributed by atoms with Crippen LogP contribution in [0, 0.1) is 18.3 Å². The Morgan fingerprint density at radius 1 is 1.29 bits per heavy atom. The van der Waals surface area contributed by atoms with Crippen LogP contribution in [0.1, 0.15) is 57.1 Å². The summed E-state index contributed by atoms with van der Waals surface area (Å²) < 4.78 is 27.3. The van der Waals surface area contributed by atoms with Crippen molar-refractivity contribution >= 4 is 10.0 Å². The fourth-order valence-corrected chi connectivity index (χ4v) is 3.56. The number of rotatable bonds is 8. The van der Waals surface area contributed by atoms with Crippen molar-refractivity contribution < 1.29 is 8.42 Å². The van der Waals surface area contributed by atoms with E-state index in [9.17, 15) is 8.42 Å². The van der Waals surface area contributed by atoms with Crippen LogP contribution >= 0.6 is 0 Å². The average Bonchev–Trinajstić information content (AvgIpc) is 2.43. The molecule has 0 radical (unpaired) electrons. The maximum atomic E-state index is 12.3. The van der Waals surface area contributed by atoms with Crippen LogP contribution in [0.5, 0.6) is 0 Å². The molecule has 1 N–H and O–H groups in total. The lowest BCUT2D eigenvalue weighted by molar-refractivity contribution is 0.522. The van der Waals surface area contributed by atoms with Crippen LogP contribution in [0.2, 0.25) is 0 Å². The van der Waals surface area contributed by atoms with Gasteiger partial charge in [0.15, 0.2) is 0 Å². The summed E-state index contributed by atoms with van der Waals surface area (Å²) in [5, 5.41) is 8.88. The maximum Gasteiger partial charge on any atom is 0.240 e. The Kier molecular flexibility index (Phi) is 6.86. The van der Waals surface area contributed by atoms with Crippen LogP contribution in [0.3, 0.4) is 0 Å². The SMILES string of the molecule is CCCCCCC(C)NS(=O)(=O)c1ccc(C#N)c(C)c1. The van der Waals surface area contributed by atoms with E-state index >= 15 is 0 Å². The van der Waals surface area contributed by atoms with E-state index in [4.69, 9.17) is 5.26 Å². The smallest absolute Gasteiger partial charge is 0.208 e. The molecule has 21 heavy (non-hydrogen) atoms. The highest BCUT2D eigenvalue weighted by molar-refractivity contribution is 7.89. The van der Waals surface area contributed by atoms with Crippen LogP contribution in [0.25, 0.3) is 0 Å². The summed E-state index contributed by atoms with van der Waals surface area (Å²) in [6, 6.07) is 6.54. The highest BCUT2D eigenvalue weighted by Gasteiger charge is 2.17. The third-order valence-electron chi connectivity index (χ3n) is 3.48. The minimum atomic E-state index is -3.51. The van der Waals surface area contributed by atoms with Gasteiger partial charge >= 0.3 is 0 Å². The molecule has 0 heterocycles. The molecule has 0 saturated heterocycles. The number of sulfonamides is 1. The molecular weight excluding hydrogens is 284 g/mol. The zero-order chi connectivity index (χ0) is 15.9. The minimum absolute atomic E-state index is 0.0807. The minimum Gasteiger partial charge on any atom is -0.208 e. The summed E-state index contributed by atoms with van der Waals surface area (Å²) in [6.45, 7) is 5.78. The van der Waals surface area contributed by atoms with Gasteiger partial charge in [-0.25, -0.2) is 13.1 Å². The third kappa shape index (κ3) is 5.49. The first-order valence-electron chi connectivity index (χ1n) is 7.43. The Morgan fingerprint density at radius 3 is 2.57 bits per heavy atom. The monoisotopic (exact) mass is 308 g/mol. The van der Waals surface area contributed by atoms with E-state index in [1.807, 2.05) is 13.0 Å². The van der Waals surface area contributed by atoms with Gasteiger partial charge in [0.2, 0.25) is 10.0 Å². The molecule has 1 atom stereocenters. The third-order valence-corrected chi connectivity index (χ3v) is 5.06. The quantitative estimate of drug-likeness (QED) is 0.747. The lowest BCUT2D eigenvalue weighted by Crippen LogP contribution is -2.32. The number of hydrogen-bond donors (Lipinski definition) is 1. The Balaban J connectivity index is 2.69. The molecule has 5 heteroatoms. The van der Waals surface area contributed by atoms with Crippen molar-refractivity contribution in [2.45, 2.75) is 63.8 Å². The highest BCUT2D eigenvalue weighted by atomic mass is 32.2. The van der Waals surface area contributed by atoms with Crippen LogP contribution in [-0.2, 0) is 10.0 Å². The van der Waals surface area contributed by atoms with Crippen molar-refractivity contribution in [1.82, 2.24) is 4.72 Å². The van der Waals surface area contributed by atoms with Crippen LogP contribution in [0.15, 0.2) is 23.1 Å². The zero-order valence-corrected chi connectivity index (χ0v) is 13.8. The van der Waals surface area contributed by atoms with E-state index in [1.165, 1.54) is 18.9 Å². The van der Waals surface area contributed by atoms with Gasteiger partial charge in [0, 0.05) is 6.04 Å². The molecule has 116 valence electrons. The summed E-state index contributed by atoms with van der Waals surface area (Å²) in [5.41, 5.74) is 1.18. The summed E-state index contributed by atoms with van der Waals surface area (Å²) >= 11 is 0. The Bertz CT molecular complexity index is 603. The van der Waals surface area contributed by atoms with Gasteiger partial charge in [-0.2, -0.15) is 5.26 Å². The number of unbranched alkanes of at least 4 members (excludes halogenated alkanes) is 3. The Labute approximate surface area is 128 Å². The molecule has 1 unspecified atom stereocenters. The molecule has 1 aromatic rings. The molecule has 0 saturated carbocycles. The van der Waals surface area contributed by atoms with E-state index in [0.29, 0.717) is 11.1 Å². The van der Waals surface area contributed by atoms with Crippen molar-refractivity contribution in [3.05, 3.63) is 29.3 Å². The van der Waals surface area contributed by atoms with Gasteiger partial charge in [-0.15, -0.1) is 0 Å². The number of nitriles is 1. The standard InChI is InChI=1S/C16H24N2O2S/c1-4-5-6-7-8-14(3)18-21(19,20)16-10-9-15(12-17)13(2)11-16/h9-11,14,18H,4-8H2,1-3H3. The summed E-state index contributed by atoms with van der Waals surface area (Å²) in [7, 11) is -3.51. The molecular formula is C16H24N2O2S. The van der Waals surface area contributed by atoms with Crippen molar-refractivity contribution in [1.29, 1.82) is 5.26 Å². The zero-order valence-electron chi connectivity index (χ0n) is 13.0. The predicted molar refractivity (Wildman–Crippen MR) is 84.4 cm³/mol. The lowest BCUT2D eigenvalue weighted by atomic mass is 10.1. The second-order valence-electron chi connectivity index (χ2n) is 5.46. The van der Waals surface area contributed by atoms with Crippen LogP contribution < -0.4 is 4.72 Å². The summed E-state index contributed by atoms with van der Waals surface area (Å²) in [5.74, 6) is 0. The number of nitrogens with one attached hydrogen (secondary N) is 1. The van der Waals surface area contributed by atoms with Crippen LogP contribution in [0.4, 0.5) is 0 Å². The molecule has 1 aromatic carbocycles. The van der Waals surface area contributed by atoms with Gasteiger partial charge in [-0.1, -0.05) is 32.6 Å². The van der Waals surface area contributed by atoms with Gasteiger partial charge < -0.3 is 0 Å². The van der Waals surface area contributed by atoms with Crippen molar-refractivity contribution in [3.8, 4) is 6.07 Å². The molecule has 1 rings (SSSR count). The fraction of sp³-hybridized carbons (Fsp3) is 0.562. The topological polar surface area (TPSA) is 70.0 Å². The average molecular weight is 308 g/mol. The number of hydrogen-bond acceptors (Lipinski definition) is 3. The first kappa shape index (κ1) is 17.7. The van der Waals surface area contributed by atoms with E-state index < -0.39 is 10.0 Å². The fourth-order valence-electron chi connectivity index (χ4n) is 2.20. The molecule has 0 aliphatic rings. The molecule has 4 nitrogen and oxygen atoms in total. The number of benzene rings is 1. The molecule has 0 amide bonds. The first-order valence-corrected chi connectivity index (χ1v) is 8.92. The van der Waals surface area contributed by atoms with E-state index in [0.717, 1.165) is 19.3 Å². The predicted octanol–water partition coefficient (Wildman–Crippen LogP) is 3.50. The summed E-state index contributed by atoms with van der Waals surface area (Å²) in [6.07, 6.45) is 5.37. The van der Waals surface area contributed by atoms with Crippen molar-refractivity contribution in [2.75, 3.05) is 0 Å². The molecule has 0 bridgehead atoms. The van der Waals surface area contributed by atoms with Gasteiger partial charge in [0.25, 0.3) is 0 Å². The van der Waals surface area contributed by atoms with Gasteiger partial charge in [-0.3, -0.25) is 0 Å². The molecule has 0 aliphatic carbocycles. The molecule has 0 aromatic heterocycles.